The molecular formula is C7H14N4O4. The van der Waals surface area contributed by atoms with Crippen molar-refractivity contribution in [2.45, 2.75) is 18.9 Å². The normalized spacial score (nSPS) is 11.5. The molecule has 0 unspecified atom stereocenters. The maximum atomic E-state index is 10.7. The van der Waals surface area contributed by atoms with Gasteiger partial charge in [-0.15, -0.1) is 0 Å². The van der Waals surface area contributed by atoms with Crippen molar-refractivity contribution in [2.75, 3.05) is 6.54 Å². The molecule has 0 aromatic carbocycles. The van der Waals surface area contributed by atoms with Gasteiger partial charge in [0.05, 0.1) is 0 Å². The maximum absolute atomic E-state index is 10.7. The highest BCUT2D eigenvalue weighted by molar-refractivity contribution is 5.83. The van der Waals surface area contributed by atoms with Gasteiger partial charge in [-0.1, -0.05) is 0 Å². The van der Waals surface area contributed by atoms with E-state index >= 15 is 0 Å². The minimum atomic E-state index is -1.32. The third kappa shape index (κ3) is 7.11. The Kier molecular flexibility index (Phi) is 5.60. The number of urea groups is 1. The lowest BCUT2D eigenvalue weighted by Crippen LogP contribution is -2.44. The predicted octanol–water partition coefficient (Wildman–Crippen LogP) is -1.44. The molecule has 7 N–H and O–H groups in total. The third-order valence-corrected chi connectivity index (χ3v) is 1.61. The van der Waals surface area contributed by atoms with Crippen LogP contribution in [0.2, 0.25) is 0 Å². The number of rotatable bonds is 6. The molecule has 86 valence electrons. The molecule has 4 amide bonds. The Labute approximate surface area is 86.0 Å². The molecular weight excluding hydrogens is 204 g/mol. The summed E-state index contributed by atoms with van der Waals surface area (Å²) in [5.41, 5.74) is 9.75. The molecule has 0 aromatic heterocycles. The largest absolute Gasteiger partial charge is 0.465 e. The van der Waals surface area contributed by atoms with E-state index in [2.05, 4.69) is 5.32 Å². The standard InChI is InChI=1S/C7H14N4O4/c8-5(12)4(11-7(14)15)2-1-3-10-6(9)13/h4,11H,1-3H2,(H2,8,12)(H,14,15)(H3,9,10,13)/t4-/m0/s1. The average molecular weight is 218 g/mol. The van der Waals surface area contributed by atoms with Gasteiger partial charge in [-0.25, -0.2) is 9.59 Å². The van der Waals surface area contributed by atoms with Crippen molar-refractivity contribution in [1.82, 2.24) is 10.6 Å². The van der Waals surface area contributed by atoms with Gasteiger partial charge in [0.2, 0.25) is 5.91 Å². The second-order valence-corrected chi connectivity index (χ2v) is 2.84. The topological polar surface area (TPSA) is 148 Å². The molecule has 0 saturated carbocycles. The average Bonchev–Trinajstić information content (AvgIpc) is 2.08. The van der Waals surface area contributed by atoms with Crippen molar-refractivity contribution in [3.63, 3.8) is 0 Å². The van der Waals surface area contributed by atoms with Crippen LogP contribution in [0, 0.1) is 0 Å². The molecule has 0 heterocycles. The van der Waals surface area contributed by atoms with Crippen molar-refractivity contribution in [2.24, 2.45) is 11.5 Å². The molecule has 8 nitrogen and oxygen atoms in total. The fourth-order valence-corrected chi connectivity index (χ4v) is 0.952. The lowest BCUT2D eigenvalue weighted by Gasteiger charge is -2.12. The minimum Gasteiger partial charge on any atom is -0.465 e. The summed E-state index contributed by atoms with van der Waals surface area (Å²) in [4.78, 5) is 31.3. The van der Waals surface area contributed by atoms with Crippen LogP contribution in [0.5, 0.6) is 0 Å². The van der Waals surface area contributed by atoms with Crippen LogP contribution in [-0.2, 0) is 4.79 Å². The molecule has 0 aliphatic rings. The third-order valence-electron chi connectivity index (χ3n) is 1.61. The van der Waals surface area contributed by atoms with E-state index in [4.69, 9.17) is 16.6 Å². The van der Waals surface area contributed by atoms with Crippen LogP contribution in [0.25, 0.3) is 0 Å². The first kappa shape index (κ1) is 13.0. The highest BCUT2D eigenvalue weighted by Gasteiger charge is 2.16. The van der Waals surface area contributed by atoms with Crippen molar-refractivity contribution in [1.29, 1.82) is 0 Å². The van der Waals surface area contributed by atoms with Crippen molar-refractivity contribution in [3.8, 4) is 0 Å². The van der Waals surface area contributed by atoms with E-state index in [1.807, 2.05) is 5.32 Å². The first-order valence-electron chi connectivity index (χ1n) is 4.25. The van der Waals surface area contributed by atoms with Gasteiger partial charge < -0.3 is 27.2 Å². The van der Waals surface area contributed by atoms with Gasteiger partial charge in [-0.3, -0.25) is 4.79 Å². The smallest absolute Gasteiger partial charge is 0.405 e. The Balaban J connectivity index is 3.81. The van der Waals surface area contributed by atoms with Gasteiger partial charge in [-0.05, 0) is 12.8 Å². The van der Waals surface area contributed by atoms with E-state index in [0.717, 1.165) is 0 Å². The van der Waals surface area contributed by atoms with Gasteiger partial charge in [0.1, 0.15) is 6.04 Å². The lowest BCUT2D eigenvalue weighted by atomic mass is 10.1. The summed E-state index contributed by atoms with van der Waals surface area (Å²) < 4.78 is 0. The fourth-order valence-electron chi connectivity index (χ4n) is 0.952. The molecule has 15 heavy (non-hydrogen) atoms. The second kappa shape index (κ2) is 6.46. The Morgan fingerprint density at radius 3 is 2.27 bits per heavy atom. The van der Waals surface area contributed by atoms with Crippen LogP contribution in [-0.4, -0.2) is 35.7 Å². The predicted molar refractivity (Wildman–Crippen MR) is 51.0 cm³/mol. The molecule has 0 fully saturated rings. The minimum absolute atomic E-state index is 0.210. The number of carboxylic acid groups (broad SMARTS) is 1. The molecule has 0 spiro atoms. The Morgan fingerprint density at radius 1 is 1.27 bits per heavy atom. The van der Waals surface area contributed by atoms with E-state index in [0.29, 0.717) is 6.42 Å². The Bertz CT molecular complexity index is 255. The van der Waals surface area contributed by atoms with Crippen LogP contribution in [0.3, 0.4) is 0 Å². The van der Waals surface area contributed by atoms with Crippen molar-refractivity contribution in [3.05, 3.63) is 0 Å². The number of nitrogens with two attached hydrogens (primary N) is 2. The summed E-state index contributed by atoms with van der Waals surface area (Å²) in [6.45, 7) is 0.264. The lowest BCUT2D eigenvalue weighted by molar-refractivity contribution is -0.120. The first-order valence-corrected chi connectivity index (χ1v) is 4.25. The molecule has 0 radical (unpaired) electrons. The summed E-state index contributed by atoms with van der Waals surface area (Å²) in [7, 11) is 0. The van der Waals surface area contributed by atoms with E-state index in [9.17, 15) is 14.4 Å². The maximum Gasteiger partial charge on any atom is 0.405 e. The number of amides is 4. The van der Waals surface area contributed by atoms with Crippen LogP contribution in [0.4, 0.5) is 9.59 Å². The van der Waals surface area contributed by atoms with Gasteiger partial charge in [0.25, 0.3) is 0 Å². The summed E-state index contributed by atoms with van der Waals surface area (Å²) in [6.07, 6.45) is -0.708. The van der Waals surface area contributed by atoms with E-state index in [-0.39, 0.29) is 13.0 Å². The SMILES string of the molecule is NC(=O)NCCC[C@H](NC(=O)O)C(N)=O. The van der Waals surface area contributed by atoms with Gasteiger partial charge >= 0.3 is 12.1 Å². The van der Waals surface area contributed by atoms with Gasteiger partial charge in [0.15, 0.2) is 0 Å². The van der Waals surface area contributed by atoms with E-state index in [1.165, 1.54) is 0 Å². The number of carbonyl (C=O) groups is 3. The number of hydrogen-bond donors (Lipinski definition) is 5. The second-order valence-electron chi connectivity index (χ2n) is 2.84. The van der Waals surface area contributed by atoms with Gasteiger partial charge in [0, 0.05) is 6.54 Å². The van der Waals surface area contributed by atoms with Crippen molar-refractivity contribution >= 4 is 18.0 Å². The molecule has 0 saturated heterocycles. The van der Waals surface area contributed by atoms with Crippen LogP contribution >= 0.6 is 0 Å². The highest BCUT2D eigenvalue weighted by atomic mass is 16.4. The zero-order valence-electron chi connectivity index (χ0n) is 8.03. The molecule has 0 aromatic rings. The molecule has 8 heteroatoms. The fraction of sp³-hybridized carbons (Fsp3) is 0.571. The molecule has 0 bridgehead atoms. The van der Waals surface area contributed by atoms with Crippen molar-refractivity contribution < 1.29 is 19.5 Å². The molecule has 1 atom stereocenters. The zero-order chi connectivity index (χ0) is 11.8. The highest BCUT2D eigenvalue weighted by Crippen LogP contribution is 1.95. The summed E-state index contributed by atoms with van der Waals surface area (Å²) in [5, 5.41) is 12.6. The Hall–Kier alpha value is -1.99. The molecule has 0 aliphatic carbocycles. The van der Waals surface area contributed by atoms with E-state index < -0.39 is 24.1 Å². The first-order chi connectivity index (χ1) is 6.93. The van der Waals surface area contributed by atoms with Crippen LogP contribution in [0.1, 0.15) is 12.8 Å². The van der Waals surface area contributed by atoms with Crippen LogP contribution < -0.4 is 22.1 Å². The number of primary amides is 2. The quantitative estimate of drug-likeness (QED) is 0.347. The Morgan fingerprint density at radius 2 is 1.87 bits per heavy atom. The molecule has 0 aliphatic heterocycles. The van der Waals surface area contributed by atoms with E-state index in [1.54, 1.807) is 0 Å². The summed E-state index contributed by atoms with van der Waals surface area (Å²) in [5.74, 6) is -0.753. The number of nitrogens with one attached hydrogen (secondary N) is 2. The zero-order valence-corrected chi connectivity index (χ0v) is 8.03. The molecule has 0 rings (SSSR count). The van der Waals surface area contributed by atoms with Crippen LogP contribution in [0.15, 0.2) is 0 Å². The number of carbonyl (C=O) groups excluding carboxylic acids is 2. The summed E-state index contributed by atoms with van der Waals surface area (Å²) in [6, 6.07) is -1.62. The summed E-state index contributed by atoms with van der Waals surface area (Å²) >= 11 is 0. The van der Waals surface area contributed by atoms with Gasteiger partial charge in [-0.2, -0.15) is 0 Å². The monoisotopic (exact) mass is 218 g/mol. The number of hydrogen-bond acceptors (Lipinski definition) is 3.